The fourth-order valence-corrected chi connectivity index (χ4v) is 2.95. The molecular formula is C20H28N2O6. The summed E-state index contributed by atoms with van der Waals surface area (Å²) in [7, 11) is 1.28. The lowest BCUT2D eigenvalue weighted by Gasteiger charge is -2.37. The Morgan fingerprint density at radius 1 is 1.18 bits per heavy atom. The van der Waals surface area contributed by atoms with Gasteiger partial charge in [-0.15, -0.1) is 0 Å². The molecule has 28 heavy (non-hydrogen) atoms. The van der Waals surface area contributed by atoms with E-state index in [0.717, 1.165) is 5.56 Å². The van der Waals surface area contributed by atoms with Crippen LogP contribution in [0.25, 0.3) is 0 Å². The fraction of sp³-hybridized carbons (Fsp3) is 0.550. The highest BCUT2D eigenvalue weighted by Gasteiger charge is 2.38. The van der Waals surface area contributed by atoms with E-state index in [9.17, 15) is 14.4 Å². The zero-order valence-electron chi connectivity index (χ0n) is 16.8. The number of benzene rings is 1. The van der Waals surface area contributed by atoms with Crippen LogP contribution in [0, 0.1) is 5.92 Å². The molecule has 154 valence electrons. The normalized spacial score (nSPS) is 19.5. The zero-order chi connectivity index (χ0) is 20.7. The first kappa shape index (κ1) is 21.5. The summed E-state index contributed by atoms with van der Waals surface area (Å²) in [6.07, 6.45) is -0.723. The number of piperidine rings is 1. The molecule has 0 saturated carbocycles. The maximum Gasteiger partial charge on any atom is 0.410 e. The number of nitrogens with zero attached hydrogens (tertiary/aromatic N) is 1. The molecule has 1 aromatic rings. The summed E-state index contributed by atoms with van der Waals surface area (Å²) in [6.45, 7) is 5.88. The van der Waals surface area contributed by atoms with E-state index in [1.807, 2.05) is 30.3 Å². The van der Waals surface area contributed by atoms with E-state index in [0.29, 0.717) is 13.0 Å². The van der Waals surface area contributed by atoms with Crippen LogP contribution in [-0.2, 0) is 25.6 Å². The van der Waals surface area contributed by atoms with E-state index in [-0.39, 0.29) is 13.2 Å². The van der Waals surface area contributed by atoms with Crippen LogP contribution < -0.4 is 5.32 Å². The summed E-state index contributed by atoms with van der Waals surface area (Å²) in [5.41, 5.74) is 0.231. The van der Waals surface area contributed by atoms with Crippen molar-refractivity contribution in [2.45, 2.75) is 45.4 Å². The molecule has 2 rings (SSSR count). The third-order valence-electron chi connectivity index (χ3n) is 4.28. The van der Waals surface area contributed by atoms with E-state index < -0.39 is 35.7 Å². The maximum atomic E-state index is 12.4. The van der Waals surface area contributed by atoms with Crippen molar-refractivity contribution in [2.75, 3.05) is 20.2 Å². The van der Waals surface area contributed by atoms with Crippen molar-refractivity contribution < 1.29 is 28.6 Å². The van der Waals surface area contributed by atoms with Gasteiger partial charge in [0.25, 0.3) is 0 Å². The van der Waals surface area contributed by atoms with Gasteiger partial charge in [-0.1, -0.05) is 30.3 Å². The SMILES string of the molecule is COC(=O)[C@H]1CN(C(=O)OCc2ccccc2)CCC1NC(=O)OC(C)(C)C. The lowest BCUT2D eigenvalue weighted by atomic mass is 9.92. The van der Waals surface area contributed by atoms with Crippen LogP contribution in [0.3, 0.4) is 0 Å². The van der Waals surface area contributed by atoms with Gasteiger partial charge >= 0.3 is 18.2 Å². The number of nitrogens with one attached hydrogen (secondary N) is 1. The first-order valence-corrected chi connectivity index (χ1v) is 9.22. The Kier molecular flexibility index (Phi) is 7.25. The van der Waals surface area contributed by atoms with Gasteiger partial charge in [-0.05, 0) is 32.8 Å². The molecule has 8 heteroatoms. The molecule has 1 heterocycles. The molecule has 0 aromatic heterocycles. The molecule has 2 amide bonds. The average Bonchev–Trinajstić information content (AvgIpc) is 2.65. The molecule has 0 radical (unpaired) electrons. The third kappa shape index (κ3) is 6.44. The number of likely N-dealkylation sites (tertiary alicyclic amines) is 1. The first-order chi connectivity index (χ1) is 13.2. The highest BCUT2D eigenvalue weighted by molar-refractivity contribution is 5.77. The Bertz CT molecular complexity index is 686. The standard InChI is InChI=1S/C20H28N2O6/c1-20(2,3)28-18(24)21-16-10-11-22(12-15(16)17(23)26-4)19(25)27-13-14-8-6-5-7-9-14/h5-9,15-16H,10-13H2,1-4H3,(H,21,24)/t15-,16?/m0/s1. The van der Waals surface area contributed by atoms with Crippen LogP contribution >= 0.6 is 0 Å². The number of ether oxygens (including phenoxy) is 3. The molecule has 1 unspecified atom stereocenters. The molecule has 1 aliphatic heterocycles. The van der Waals surface area contributed by atoms with Crippen LogP contribution in [0.5, 0.6) is 0 Å². The molecule has 8 nitrogen and oxygen atoms in total. The van der Waals surface area contributed by atoms with Crippen LogP contribution in [0.4, 0.5) is 9.59 Å². The predicted octanol–water partition coefficient (Wildman–Crippen LogP) is 2.71. The van der Waals surface area contributed by atoms with E-state index in [1.165, 1.54) is 12.0 Å². The summed E-state index contributed by atoms with van der Waals surface area (Å²) >= 11 is 0. The number of carbonyl (C=O) groups is 3. The summed E-state index contributed by atoms with van der Waals surface area (Å²) in [6, 6.07) is 8.85. The molecule has 0 spiro atoms. The van der Waals surface area contributed by atoms with Gasteiger partial charge in [-0.25, -0.2) is 9.59 Å². The van der Waals surface area contributed by atoms with Gasteiger partial charge in [0.2, 0.25) is 0 Å². The van der Waals surface area contributed by atoms with Crippen molar-refractivity contribution in [1.29, 1.82) is 0 Å². The number of rotatable bonds is 4. The van der Waals surface area contributed by atoms with Gasteiger partial charge in [-0.2, -0.15) is 0 Å². The summed E-state index contributed by atoms with van der Waals surface area (Å²) in [4.78, 5) is 38.1. The fourth-order valence-electron chi connectivity index (χ4n) is 2.95. The molecule has 0 bridgehead atoms. The quantitative estimate of drug-likeness (QED) is 0.625. The van der Waals surface area contributed by atoms with Crippen LogP contribution in [0.15, 0.2) is 30.3 Å². The van der Waals surface area contributed by atoms with E-state index in [2.05, 4.69) is 5.32 Å². The zero-order valence-corrected chi connectivity index (χ0v) is 16.8. The molecule has 1 aliphatic rings. The van der Waals surface area contributed by atoms with E-state index >= 15 is 0 Å². The van der Waals surface area contributed by atoms with Crippen LogP contribution in [0.2, 0.25) is 0 Å². The minimum absolute atomic E-state index is 0.0980. The van der Waals surface area contributed by atoms with Gasteiger partial charge in [0.15, 0.2) is 0 Å². The van der Waals surface area contributed by atoms with Gasteiger partial charge in [0.05, 0.1) is 13.0 Å². The third-order valence-corrected chi connectivity index (χ3v) is 4.28. The summed E-state index contributed by atoms with van der Waals surface area (Å²) < 4.78 is 15.4. The van der Waals surface area contributed by atoms with Crippen molar-refractivity contribution in [3.63, 3.8) is 0 Å². The Balaban J connectivity index is 1.95. The number of carbonyl (C=O) groups excluding carboxylic acids is 3. The van der Waals surface area contributed by atoms with Gasteiger partial charge in [0, 0.05) is 19.1 Å². The van der Waals surface area contributed by atoms with E-state index in [1.54, 1.807) is 20.8 Å². The average molecular weight is 392 g/mol. The second-order valence-corrected chi connectivity index (χ2v) is 7.66. The lowest BCUT2D eigenvalue weighted by Crippen LogP contribution is -2.55. The van der Waals surface area contributed by atoms with Crippen molar-refractivity contribution in [1.82, 2.24) is 10.2 Å². The molecule has 2 atom stereocenters. The minimum atomic E-state index is -0.699. The Labute approximate surface area is 165 Å². The number of esters is 1. The molecule has 1 saturated heterocycles. The number of methoxy groups -OCH3 is 1. The predicted molar refractivity (Wildman–Crippen MR) is 101 cm³/mol. The highest BCUT2D eigenvalue weighted by Crippen LogP contribution is 2.21. The molecule has 0 aliphatic carbocycles. The van der Waals surface area contributed by atoms with E-state index in [4.69, 9.17) is 14.2 Å². The summed E-state index contributed by atoms with van der Waals surface area (Å²) in [5.74, 6) is -1.20. The van der Waals surface area contributed by atoms with Crippen molar-refractivity contribution in [3.05, 3.63) is 35.9 Å². The minimum Gasteiger partial charge on any atom is -0.469 e. The number of alkyl carbamates (subject to hydrolysis) is 1. The van der Waals surface area contributed by atoms with Crippen molar-refractivity contribution in [3.8, 4) is 0 Å². The van der Waals surface area contributed by atoms with Crippen LogP contribution in [0.1, 0.15) is 32.8 Å². The molecular weight excluding hydrogens is 364 g/mol. The topological polar surface area (TPSA) is 94.2 Å². The largest absolute Gasteiger partial charge is 0.469 e. The van der Waals surface area contributed by atoms with Crippen molar-refractivity contribution >= 4 is 18.2 Å². The summed E-state index contributed by atoms with van der Waals surface area (Å²) in [5, 5.41) is 2.72. The molecule has 1 fully saturated rings. The van der Waals surface area contributed by atoms with Gasteiger partial charge in [-0.3, -0.25) is 4.79 Å². The number of hydrogen-bond donors (Lipinski definition) is 1. The van der Waals surface area contributed by atoms with Crippen LogP contribution in [-0.4, -0.2) is 54.9 Å². The second-order valence-electron chi connectivity index (χ2n) is 7.66. The van der Waals surface area contributed by atoms with Gasteiger partial charge < -0.3 is 24.4 Å². The maximum absolute atomic E-state index is 12.4. The highest BCUT2D eigenvalue weighted by atomic mass is 16.6. The number of hydrogen-bond acceptors (Lipinski definition) is 6. The second kappa shape index (κ2) is 9.43. The Morgan fingerprint density at radius 3 is 2.46 bits per heavy atom. The lowest BCUT2D eigenvalue weighted by molar-refractivity contribution is -0.148. The first-order valence-electron chi connectivity index (χ1n) is 9.22. The molecule has 1 N–H and O–H groups in total. The molecule has 1 aromatic carbocycles. The number of amides is 2. The Morgan fingerprint density at radius 2 is 1.86 bits per heavy atom. The van der Waals surface area contributed by atoms with Crippen molar-refractivity contribution in [2.24, 2.45) is 5.92 Å². The Hall–Kier alpha value is -2.77. The smallest absolute Gasteiger partial charge is 0.410 e. The van der Waals surface area contributed by atoms with Gasteiger partial charge in [0.1, 0.15) is 12.2 Å². The monoisotopic (exact) mass is 392 g/mol.